The quantitative estimate of drug-likeness (QED) is 0.437. The lowest BCUT2D eigenvalue weighted by atomic mass is 9.97. The van der Waals surface area contributed by atoms with Crippen molar-refractivity contribution < 1.29 is 18.8 Å². The highest BCUT2D eigenvalue weighted by atomic mass is 16.6. The molecule has 1 fully saturated rings. The van der Waals surface area contributed by atoms with E-state index in [9.17, 15) is 0 Å². The molecular formula is C21H49BN2O4. The number of rotatable bonds is 13. The Morgan fingerprint density at radius 1 is 1.11 bits per heavy atom. The van der Waals surface area contributed by atoms with Crippen LogP contribution in [0.15, 0.2) is 0 Å². The number of hydrogen-bond acceptors (Lipinski definition) is 6. The van der Waals surface area contributed by atoms with Crippen LogP contribution in [-0.2, 0) is 18.8 Å². The van der Waals surface area contributed by atoms with Crippen LogP contribution in [0.5, 0.6) is 0 Å². The first-order valence-electron chi connectivity index (χ1n) is 11.3. The minimum atomic E-state index is -0.00923. The Labute approximate surface area is 176 Å². The summed E-state index contributed by atoms with van der Waals surface area (Å²) >= 11 is 0. The topological polar surface area (TPSA) is 43.4 Å². The van der Waals surface area contributed by atoms with E-state index in [0.717, 1.165) is 45.9 Å². The SMILES string of the molecule is CC.CCCN(C)CC1COB(C)O1.CCCN(CC)CC(COC)OCC. The fraction of sp³-hybridized carbons (Fsp3) is 1.00. The van der Waals surface area contributed by atoms with Gasteiger partial charge < -0.3 is 28.6 Å². The number of hydrogen-bond donors (Lipinski definition) is 0. The van der Waals surface area contributed by atoms with Crippen LogP contribution in [-0.4, -0.2) is 95.8 Å². The molecule has 0 amide bonds. The largest absolute Gasteiger partial charge is 0.453 e. The van der Waals surface area contributed by atoms with Gasteiger partial charge in [-0.05, 0) is 53.3 Å². The highest BCUT2D eigenvalue weighted by Crippen LogP contribution is 2.08. The van der Waals surface area contributed by atoms with E-state index in [0.29, 0.717) is 6.61 Å². The molecule has 170 valence electrons. The molecule has 1 rings (SSSR count). The Kier molecular flexibility index (Phi) is 23.1. The summed E-state index contributed by atoms with van der Waals surface area (Å²) in [5.74, 6) is 0. The summed E-state index contributed by atoms with van der Waals surface area (Å²) in [5.41, 5.74) is 0. The van der Waals surface area contributed by atoms with Crippen molar-refractivity contribution in [2.75, 3.05) is 66.7 Å². The van der Waals surface area contributed by atoms with E-state index in [1.54, 1.807) is 7.11 Å². The molecular weight excluding hydrogens is 355 g/mol. The molecule has 1 aliphatic rings. The van der Waals surface area contributed by atoms with Gasteiger partial charge in [-0.3, -0.25) is 0 Å². The molecule has 0 bridgehead atoms. The summed E-state index contributed by atoms with van der Waals surface area (Å²) in [5, 5.41) is 0. The number of methoxy groups -OCH3 is 1. The molecule has 2 atom stereocenters. The summed E-state index contributed by atoms with van der Waals surface area (Å²) in [4.78, 5) is 4.69. The molecule has 0 aromatic heterocycles. The van der Waals surface area contributed by atoms with Crippen molar-refractivity contribution in [2.24, 2.45) is 0 Å². The van der Waals surface area contributed by atoms with Crippen molar-refractivity contribution in [3.8, 4) is 0 Å². The summed E-state index contributed by atoms with van der Waals surface area (Å²) in [7, 11) is 3.84. The molecule has 6 nitrogen and oxygen atoms in total. The number of likely N-dealkylation sites (N-methyl/N-ethyl adjacent to an activating group) is 2. The smallest absolute Gasteiger partial charge is 0.409 e. The van der Waals surface area contributed by atoms with Gasteiger partial charge in [0.2, 0.25) is 0 Å². The van der Waals surface area contributed by atoms with Crippen molar-refractivity contribution in [1.29, 1.82) is 0 Å². The first-order valence-corrected chi connectivity index (χ1v) is 11.3. The predicted molar refractivity (Wildman–Crippen MR) is 121 cm³/mol. The lowest BCUT2D eigenvalue weighted by Gasteiger charge is -2.25. The number of nitrogens with zero attached hydrogens (tertiary/aromatic N) is 2. The normalized spacial score (nSPS) is 17.2. The maximum Gasteiger partial charge on any atom is 0.453 e. The van der Waals surface area contributed by atoms with Crippen molar-refractivity contribution in [3.63, 3.8) is 0 Å². The van der Waals surface area contributed by atoms with Crippen molar-refractivity contribution in [2.45, 2.75) is 73.4 Å². The first-order chi connectivity index (χ1) is 13.5. The van der Waals surface area contributed by atoms with Gasteiger partial charge in [0.1, 0.15) is 0 Å². The zero-order chi connectivity index (χ0) is 21.8. The standard InChI is InChI=1S/C11H25NO2.C8H18BNO2.C2H6/c1-5-8-12(6-2)9-11(10-13-4)14-7-3;1-4-5-10(3)6-8-7-11-9(2)12-8;1-2/h11H,5-10H2,1-4H3;8H,4-7H2,1-3H3;1-2H3. The summed E-state index contributed by atoms with van der Waals surface area (Å²) < 4.78 is 21.5. The fourth-order valence-corrected chi connectivity index (χ4v) is 3.07. The van der Waals surface area contributed by atoms with E-state index in [-0.39, 0.29) is 19.3 Å². The van der Waals surface area contributed by atoms with Crippen molar-refractivity contribution in [3.05, 3.63) is 0 Å². The van der Waals surface area contributed by atoms with Gasteiger partial charge in [0, 0.05) is 26.8 Å². The minimum absolute atomic E-state index is 0.00923. The second-order valence-electron chi connectivity index (χ2n) is 6.85. The van der Waals surface area contributed by atoms with Crippen molar-refractivity contribution in [1.82, 2.24) is 9.80 Å². The second kappa shape index (κ2) is 21.5. The molecule has 7 heteroatoms. The molecule has 1 heterocycles. The highest BCUT2D eigenvalue weighted by Gasteiger charge is 2.26. The summed E-state index contributed by atoms with van der Waals surface area (Å²) in [6, 6.07) is 0. The average molecular weight is 404 g/mol. The Morgan fingerprint density at radius 3 is 2.18 bits per heavy atom. The fourth-order valence-electron chi connectivity index (χ4n) is 3.07. The van der Waals surface area contributed by atoms with Gasteiger partial charge >= 0.3 is 7.12 Å². The third-order valence-corrected chi connectivity index (χ3v) is 4.23. The molecule has 0 aliphatic carbocycles. The lowest BCUT2D eigenvalue weighted by molar-refractivity contribution is -0.0145. The lowest BCUT2D eigenvalue weighted by Crippen LogP contribution is -2.36. The van der Waals surface area contributed by atoms with Crippen LogP contribution in [0.3, 0.4) is 0 Å². The molecule has 1 saturated heterocycles. The van der Waals surface area contributed by atoms with E-state index < -0.39 is 0 Å². The van der Waals surface area contributed by atoms with Crippen molar-refractivity contribution >= 4 is 7.12 Å². The van der Waals surface area contributed by atoms with Crippen LogP contribution in [0.25, 0.3) is 0 Å². The zero-order valence-electron chi connectivity index (χ0n) is 20.3. The number of ether oxygens (including phenoxy) is 2. The monoisotopic (exact) mass is 404 g/mol. The van der Waals surface area contributed by atoms with Crippen LogP contribution in [0.4, 0.5) is 0 Å². The van der Waals surface area contributed by atoms with Gasteiger partial charge in [-0.1, -0.05) is 34.6 Å². The first kappa shape index (κ1) is 30.0. The molecule has 0 aromatic rings. The van der Waals surface area contributed by atoms with Gasteiger partial charge in [0.05, 0.1) is 25.4 Å². The van der Waals surface area contributed by atoms with Gasteiger partial charge in [-0.2, -0.15) is 0 Å². The molecule has 0 N–H and O–H groups in total. The third kappa shape index (κ3) is 16.7. The summed E-state index contributed by atoms with van der Waals surface area (Å²) in [6.07, 6.45) is 2.88. The zero-order valence-corrected chi connectivity index (χ0v) is 20.3. The van der Waals surface area contributed by atoms with E-state index in [4.69, 9.17) is 18.8 Å². The highest BCUT2D eigenvalue weighted by molar-refractivity contribution is 6.43. The minimum Gasteiger partial charge on any atom is -0.409 e. The van der Waals surface area contributed by atoms with Crippen LogP contribution in [0.2, 0.25) is 6.82 Å². The van der Waals surface area contributed by atoms with Gasteiger partial charge in [0.25, 0.3) is 0 Å². The van der Waals surface area contributed by atoms with E-state index in [1.807, 2.05) is 27.6 Å². The summed E-state index contributed by atoms with van der Waals surface area (Å²) in [6.45, 7) is 22.1. The maximum absolute atomic E-state index is 5.59. The second-order valence-corrected chi connectivity index (χ2v) is 6.85. The van der Waals surface area contributed by atoms with Gasteiger partial charge in [-0.15, -0.1) is 0 Å². The van der Waals surface area contributed by atoms with Crippen LogP contribution in [0, 0.1) is 0 Å². The van der Waals surface area contributed by atoms with Gasteiger partial charge in [-0.25, -0.2) is 0 Å². The van der Waals surface area contributed by atoms with Crippen LogP contribution in [0.1, 0.15) is 54.4 Å². The van der Waals surface area contributed by atoms with E-state index in [1.165, 1.54) is 12.8 Å². The molecule has 28 heavy (non-hydrogen) atoms. The Hall–Kier alpha value is -0.175. The average Bonchev–Trinajstić information content (AvgIpc) is 3.08. The van der Waals surface area contributed by atoms with E-state index in [2.05, 4.69) is 37.6 Å². The van der Waals surface area contributed by atoms with E-state index >= 15 is 0 Å². The van der Waals surface area contributed by atoms with Gasteiger partial charge in [0.15, 0.2) is 0 Å². The molecule has 0 spiro atoms. The Morgan fingerprint density at radius 2 is 1.75 bits per heavy atom. The molecule has 0 radical (unpaired) electrons. The Bertz CT molecular complexity index is 308. The maximum atomic E-state index is 5.59. The molecule has 2 unspecified atom stereocenters. The molecule has 1 aliphatic heterocycles. The Balaban J connectivity index is 0. The molecule has 0 aromatic carbocycles. The van der Waals surface area contributed by atoms with Crippen LogP contribution < -0.4 is 0 Å². The van der Waals surface area contributed by atoms with Crippen LogP contribution >= 0.6 is 0 Å². The third-order valence-electron chi connectivity index (χ3n) is 4.23. The molecule has 0 saturated carbocycles. The predicted octanol–water partition coefficient (Wildman–Crippen LogP) is 3.66.